The smallest absolute Gasteiger partial charge is 0.256 e. The lowest BCUT2D eigenvalue weighted by molar-refractivity contribution is 0.0962. The number of amides is 2. The first-order valence-corrected chi connectivity index (χ1v) is 10.2. The number of aryl methyl sites for hydroxylation is 1. The molecular weight excluding hydrogens is 378 g/mol. The minimum atomic E-state index is -0.180. The number of thiazole rings is 1. The van der Waals surface area contributed by atoms with Gasteiger partial charge in [-0.05, 0) is 43.3 Å². The summed E-state index contributed by atoms with van der Waals surface area (Å²) < 4.78 is 0. The standard InChI is InChI=1S/C20H19N3O2S2/c1-13-22-16(11-26-13)12-27-18-6-4-3-5-17(18)20(25)23-15-9-7-14(8-10-15)19(24)21-2/h3-11H,12H2,1-2H3,(H,21,24)(H,23,25). The van der Waals surface area contributed by atoms with Crippen LogP contribution in [0.4, 0.5) is 5.69 Å². The zero-order valence-corrected chi connectivity index (χ0v) is 16.6. The van der Waals surface area contributed by atoms with Crippen LogP contribution in [0.15, 0.2) is 58.8 Å². The van der Waals surface area contributed by atoms with Gasteiger partial charge in [0, 0.05) is 34.3 Å². The van der Waals surface area contributed by atoms with E-state index in [0.717, 1.165) is 21.3 Å². The van der Waals surface area contributed by atoms with Crippen LogP contribution in [0.1, 0.15) is 31.4 Å². The molecule has 0 spiro atoms. The van der Waals surface area contributed by atoms with E-state index >= 15 is 0 Å². The van der Waals surface area contributed by atoms with Crippen LogP contribution in [0.2, 0.25) is 0 Å². The van der Waals surface area contributed by atoms with Gasteiger partial charge in [0.15, 0.2) is 0 Å². The fourth-order valence-corrected chi connectivity index (χ4v) is 4.11. The van der Waals surface area contributed by atoms with E-state index in [2.05, 4.69) is 15.6 Å². The van der Waals surface area contributed by atoms with E-state index in [9.17, 15) is 9.59 Å². The van der Waals surface area contributed by atoms with Crippen molar-refractivity contribution < 1.29 is 9.59 Å². The van der Waals surface area contributed by atoms with E-state index in [-0.39, 0.29) is 11.8 Å². The Kier molecular flexibility index (Phi) is 6.26. The van der Waals surface area contributed by atoms with Gasteiger partial charge in [0.2, 0.25) is 0 Å². The maximum absolute atomic E-state index is 12.7. The van der Waals surface area contributed by atoms with Gasteiger partial charge in [-0.2, -0.15) is 0 Å². The molecule has 0 saturated carbocycles. The predicted molar refractivity (Wildman–Crippen MR) is 111 cm³/mol. The van der Waals surface area contributed by atoms with Crippen molar-refractivity contribution in [2.75, 3.05) is 12.4 Å². The molecule has 0 aliphatic carbocycles. The van der Waals surface area contributed by atoms with Crippen LogP contribution in [0.25, 0.3) is 0 Å². The number of nitrogens with zero attached hydrogens (tertiary/aromatic N) is 1. The molecule has 1 aromatic heterocycles. The topological polar surface area (TPSA) is 71.1 Å². The molecule has 0 bridgehead atoms. The van der Waals surface area contributed by atoms with Crippen molar-refractivity contribution in [1.82, 2.24) is 10.3 Å². The summed E-state index contributed by atoms with van der Waals surface area (Å²) in [6, 6.07) is 14.3. The zero-order chi connectivity index (χ0) is 19.2. The molecule has 5 nitrogen and oxygen atoms in total. The molecule has 3 rings (SSSR count). The Morgan fingerprint density at radius 3 is 2.48 bits per heavy atom. The van der Waals surface area contributed by atoms with Crippen molar-refractivity contribution in [3.63, 3.8) is 0 Å². The summed E-state index contributed by atoms with van der Waals surface area (Å²) in [4.78, 5) is 29.7. The van der Waals surface area contributed by atoms with Crippen molar-refractivity contribution in [3.8, 4) is 0 Å². The van der Waals surface area contributed by atoms with Crippen LogP contribution in [-0.2, 0) is 5.75 Å². The minimum absolute atomic E-state index is 0.160. The number of thioether (sulfide) groups is 1. The van der Waals surface area contributed by atoms with Crippen molar-refractivity contribution in [2.45, 2.75) is 17.6 Å². The van der Waals surface area contributed by atoms with E-state index < -0.39 is 0 Å². The minimum Gasteiger partial charge on any atom is -0.355 e. The van der Waals surface area contributed by atoms with Crippen LogP contribution in [-0.4, -0.2) is 23.8 Å². The highest BCUT2D eigenvalue weighted by Crippen LogP contribution is 2.27. The summed E-state index contributed by atoms with van der Waals surface area (Å²) in [6.07, 6.45) is 0. The molecule has 27 heavy (non-hydrogen) atoms. The number of anilines is 1. The third kappa shape index (κ3) is 4.96. The second kappa shape index (κ2) is 8.83. The number of aromatic nitrogens is 1. The summed E-state index contributed by atoms with van der Waals surface area (Å²) in [5.74, 6) is 0.377. The summed E-state index contributed by atoms with van der Waals surface area (Å²) in [6.45, 7) is 1.98. The summed E-state index contributed by atoms with van der Waals surface area (Å²) >= 11 is 3.22. The molecule has 0 atom stereocenters. The molecule has 3 aromatic rings. The first-order valence-electron chi connectivity index (χ1n) is 8.33. The highest BCUT2D eigenvalue weighted by Gasteiger charge is 2.13. The molecule has 0 saturated heterocycles. The monoisotopic (exact) mass is 397 g/mol. The maximum atomic E-state index is 12.7. The molecular formula is C20H19N3O2S2. The third-order valence-electron chi connectivity index (χ3n) is 3.81. The van der Waals surface area contributed by atoms with Gasteiger partial charge >= 0.3 is 0 Å². The fraction of sp³-hybridized carbons (Fsp3) is 0.150. The Hall–Kier alpha value is -2.64. The number of rotatable bonds is 6. The van der Waals surface area contributed by atoms with Gasteiger partial charge in [-0.1, -0.05) is 12.1 Å². The van der Waals surface area contributed by atoms with Crippen molar-refractivity contribution >= 4 is 40.6 Å². The van der Waals surface area contributed by atoms with E-state index in [1.165, 1.54) is 0 Å². The van der Waals surface area contributed by atoms with Crippen LogP contribution in [0.5, 0.6) is 0 Å². The number of hydrogen-bond donors (Lipinski definition) is 2. The van der Waals surface area contributed by atoms with Crippen molar-refractivity contribution in [1.29, 1.82) is 0 Å². The number of nitrogens with one attached hydrogen (secondary N) is 2. The average molecular weight is 398 g/mol. The van der Waals surface area contributed by atoms with Gasteiger partial charge in [-0.3, -0.25) is 9.59 Å². The molecule has 2 amide bonds. The normalized spacial score (nSPS) is 10.4. The number of carbonyl (C=O) groups is 2. The average Bonchev–Trinajstić information content (AvgIpc) is 3.11. The molecule has 0 radical (unpaired) electrons. The highest BCUT2D eigenvalue weighted by atomic mass is 32.2. The number of carbonyl (C=O) groups excluding carboxylic acids is 2. The Balaban J connectivity index is 1.70. The zero-order valence-electron chi connectivity index (χ0n) is 15.0. The summed E-state index contributed by atoms with van der Waals surface area (Å²) in [5.41, 5.74) is 2.82. The SMILES string of the molecule is CNC(=O)c1ccc(NC(=O)c2ccccc2SCc2csc(C)n2)cc1. The van der Waals surface area contributed by atoms with E-state index in [1.807, 2.05) is 36.6 Å². The maximum Gasteiger partial charge on any atom is 0.256 e. The molecule has 7 heteroatoms. The fourth-order valence-electron chi connectivity index (χ4n) is 2.45. The first-order chi connectivity index (χ1) is 13.1. The summed E-state index contributed by atoms with van der Waals surface area (Å²) in [5, 5.41) is 8.54. The largest absolute Gasteiger partial charge is 0.355 e. The van der Waals surface area contributed by atoms with Gasteiger partial charge in [-0.25, -0.2) is 4.98 Å². The molecule has 2 aromatic carbocycles. The Morgan fingerprint density at radius 1 is 1.07 bits per heavy atom. The van der Waals surface area contributed by atoms with Crippen molar-refractivity contribution in [3.05, 3.63) is 75.7 Å². The molecule has 0 fully saturated rings. The Bertz CT molecular complexity index is 952. The number of benzene rings is 2. The van der Waals surface area contributed by atoms with Crippen LogP contribution in [0, 0.1) is 6.92 Å². The lowest BCUT2D eigenvalue weighted by atomic mass is 10.1. The molecule has 2 N–H and O–H groups in total. The van der Waals surface area contributed by atoms with E-state index in [1.54, 1.807) is 54.4 Å². The van der Waals surface area contributed by atoms with Crippen LogP contribution >= 0.6 is 23.1 Å². The summed E-state index contributed by atoms with van der Waals surface area (Å²) in [7, 11) is 1.58. The molecule has 1 heterocycles. The quantitative estimate of drug-likeness (QED) is 0.607. The molecule has 138 valence electrons. The Morgan fingerprint density at radius 2 is 1.81 bits per heavy atom. The first kappa shape index (κ1) is 19.1. The van der Waals surface area contributed by atoms with Gasteiger partial charge in [-0.15, -0.1) is 23.1 Å². The molecule has 0 aliphatic heterocycles. The van der Waals surface area contributed by atoms with Gasteiger partial charge in [0.05, 0.1) is 16.3 Å². The molecule has 0 aliphatic rings. The van der Waals surface area contributed by atoms with Gasteiger partial charge < -0.3 is 10.6 Å². The lowest BCUT2D eigenvalue weighted by Crippen LogP contribution is -2.18. The molecule has 0 unspecified atom stereocenters. The lowest BCUT2D eigenvalue weighted by Gasteiger charge is -2.10. The van der Waals surface area contributed by atoms with E-state index in [0.29, 0.717) is 16.8 Å². The number of hydrogen-bond acceptors (Lipinski definition) is 5. The Labute approximate surface area is 166 Å². The second-order valence-corrected chi connectivity index (χ2v) is 7.83. The highest BCUT2D eigenvalue weighted by molar-refractivity contribution is 7.98. The van der Waals surface area contributed by atoms with E-state index in [4.69, 9.17) is 0 Å². The van der Waals surface area contributed by atoms with Gasteiger partial charge in [0.1, 0.15) is 0 Å². The van der Waals surface area contributed by atoms with Crippen LogP contribution in [0.3, 0.4) is 0 Å². The van der Waals surface area contributed by atoms with Crippen molar-refractivity contribution in [2.24, 2.45) is 0 Å². The third-order valence-corrected chi connectivity index (χ3v) is 5.74. The predicted octanol–water partition coefficient (Wildman–Crippen LogP) is 4.36. The van der Waals surface area contributed by atoms with Gasteiger partial charge in [0.25, 0.3) is 11.8 Å². The second-order valence-electron chi connectivity index (χ2n) is 5.75. The van der Waals surface area contributed by atoms with Crippen LogP contribution < -0.4 is 10.6 Å².